The summed E-state index contributed by atoms with van der Waals surface area (Å²) in [5, 5.41) is -0.706. The average molecular weight is 247 g/mol. The molecular weight excluding hydrogens is 235 g/mol. The van der Waals surface area contributed by atoms with Crippen molar-refractivity contribution in [2.75, 3.05) is 13.0 Å². The summed E-state index contributed by atoms with van der Waals surface area (Å²) in [5.41, 5.74) is 1.47. The Morgan fingerprint density at radius 3 is 2.73 bits per heavy atom. The third kappa shape index (κ3) is 2.86. The first-order valence-corrected chi connectivity index (χ1v) is 5.46. The molecule has 0 spiro atoms. The van der Waals surface area contributed by atoms with Gasteiger partial charge in [-0.3, -0.25) is 4.79 Å². The van der Waals surface area contributed by atoms with Crippen LogP contribution in [0, 0.1) is 6.92 Å². The van der Waals surface area contributed by atoms with Crippen LogP contribution in [0.15, 0.2) is 18.2 Å². The van der Waals surface area contributed by atoms with Gasteiger partial charge in [-0.1, -0.05) is 11.6 Å². The van der Waals surface area contributed by atoms with Crippen LogP contribution in [0.5, 0.6) is 5.75 Å². The molecule has 1 rings (SSSR count). The monoisotopic (exact) mass is 246 g/mol. The topological polar surface area (TPSA) is 26.3 Å². The summed E-state index contributed by atoms with van der Waals surface area (Å²) in [5.74, 6) is 0.422. The number of carbonyl (C=O) groups is 1. The Morgan fingerprint density at radius 2 is 2.20 bits per heavy atom. The lowest BCUT2D eigenvalue weighted by Gasteiger charge is -2.10. The number of methoxy groups -OCH3 is 1. The number of halogens is 2. The number of benzene rings is 1. The van der Waals surface area contributed by atoms with Gasteiger partial charge in [-0.2, -0.15) is 0 Å². The predicted molar refractivity (Wildman–Crippen MR) is 62.4 cm³/mol. The average Bonchev–Trinajstić information content (AvgIpc) is 2.27. The summed E-state index contributed by atoms with van der Waals surface area (Å²) in [4.78, 5) is 11.8. The molecule has 0 saturated heterocycles. The molecule has 15 heavy (non-hydrogen) atoms. The van der Waals surface area contributed by atoms with Gasteiger partial charge >= 0.3 is 0 Å². The second-order valence-corrected chi connectivity index (χ2v) is 4.03. The Bertz CT molecular complexity index is 364. The lowest BCUT2D eigenvalue weighted by Crippen LogP contribution is -2.17. The number of hydrogen-bond acceptors (Lipinski definition) is 2. The Balaban J connectivity index is 3.11. The summed E-state index contributed by atoms with van der Waals surface area (Å²) >= 11 is 11.3. The predicted octanol–water partition coefficient (Wildman–Crippen LogP) is 3.03. The molecule has 0 aliphatic rings. The largest absolute Gasteiger partial charge is 0.496 e. The van der Waals surface area contributed by atoms with Crippen LogP contribution in [-0.2, 0) is 0 Å². The fourth-order valence-corrected chi connectivity index (χ4v) is 1.51. The highest BCUT2D eigenvalue weighted by Crippen LogP contribution is 2.22. The second kappa shape index (κ2) is 5.38. The molecule has 0 aliphatic carbocycles. The third-order valence-corrected chi connectivity index (χ3v) is 2.86. The first-order valence-electron chi connectivity index (χ1n) is 4.49. The van der Waals surface area contributed by atoms with Gasteiger partial charge < -0.3 is 4.74 Å². The molecular formula is C11H12Cl2O2. The van der Waals surface area contributed by atoms with Crippen LogP contribution >= 0.6 is 23.2 Å². The second-order valence-electron chi connectivity index (χ2n) is 3.19. The van der Waals surface area contributed by atoms with Gasteiger partial charge in [-0.25, -0.2) is 0 Å². The van der Waals surface area contributed by atoms with Gasteiger partial charge in [0.05, 0.1) is 12.7 Å². The minimum Gasteiger partial charge on any atom is -0.496 e. The number of ketones is 1. The van der Waals surface area contributed by atoms with Crippen LogP contribution in [0.1, 0.15) is 15.9 Å². The fourth-order valence-electron chi connectivity index (χ4n) is 1.25. The van der Waals surface area contributed by atoms with Crippen LogP contribution < -0.4 is 4.74 Å². The van der Waals surface area contributed by atoms with E-state index in [-0.39, 0.29) is 11.7 Å². The van der Waals surface area contributed by atoms with E-state index < -0.39 is 5.38 Å². The minimum atomic E-state index is -0.706. The van der Waals surface area contributed by atoms with E-state index in [0.717, 1.165) is 5.56 Å². The van der Waals surface area contributed by atoms with Crippen LogP contribution in [0.4, 0.5) is 0 Å². The molecule has 1 unspecified atom stereocenters. The molecule has 0 heterocycles. The molecule has 0 fully saturated rings. The molecule has 0 aromatic heterocycles. The van der Waals surface area contributed by atoms with Gasteiger partial charge in [-0.05, 0) is 19.1 Å². The SMILES string of the molecule is COc1ccc(C)cc1C(=O)C(Cl)CCl. The van der Waals surface area contributed by atoms with E-state index in [1.54, 1.807) is 12.1 Å². The summed E-state index contributed by atoms with van der Waals surface area (Å²) in [6.45, 7) is 1.90. The molecule has 0 radical (unpaired) electrons. The number of Topliss-reactive ketones (excluding diaryl/α,β-unsaturated/α-hetero) is 1. The number of ether oxygens (including phenoxy) is 1. The normalized spacial score (nSPS) is 12.3. The Kier molecular flexibility index (Phi) is 4.43. The quantitative estimate of drug-likeness (QED) is 0.603. The van der Waals surface area contributed by atoms with Gasteiger partial charge in [0.15, 0.2) is 5.78 Å². The van der Waals surface area contributed by atoms with Crippen molar-refractivity contribution in [2.24, 2.45) is 0 Å². The number of alkyl halides is 2. The van der Waals surface area contributed by atoms with E-state index in [2.05, 4.69) is 0 Å². The van der Waals surface area contributed by atoms with Crippen LogP contribution in [0.2, 0.25) is 0 Å². The zero-order valence-electron chi connectivity index (χ0n) is 8.59. The van der Waals surface area contributed by atoms with Crippen molar-refractivity contribution >= 4 is 29.0 Å². The van der Waals surface area contributed by atoms with Crippen molar-refractivity contribution in [3.63, 3.8) is 0 Å². The summed E-state index contributed by atoms with van der Waals surface area (Å²) in [7, 11) is 1.52. The maximum Gasteiger partial charge on any atom is 0.185 e. The zero-order valence-corrected chi connectivity index (χ0v) is 10.1. The molecule has 0 bridgehead atoms. The van der Waals surface area contributed by atoms with E-state index in [1.165, 1.54) is 7.11 Å². The highest BCUT2D eigenvalue weighted by Gasteiger charge is 2.20. The van der Waals surface area contributed by atoms with Crippen molar-refractivity contribution in [2.45, 2.75) is 12.3 Å². The van der Waals surface area contributed by atoms with E-state index in [0.29, 0.717) is 11.3 Å². The minimum absolute atomic E-state index is 0.0947. The van der Waals surface area contributed by atoms with Gasteiger partial charge in [-0.15, -0.1) is 23.2 Å². The lowest BCUT2D eigenvalue weighted by molar-refractivity contribution is 0.0989. The molecule has 0 N–H and O–H groups in total. The summed E-state index contributed by atoms with van der Waals surface area (Å²) in [6.07, 6.45) is 0. The highest BCUT2D eigenvalue weighted by atomic mass is 35.5. The standard InChI is InChI=1S/C11H12Cl2O2/c1-7-3-4-10(15-2)8(5-7)11(14)9(13)6-12/h3-5,9H,6H2,1-2H3. The number of aryl methyl sites for hydroxylation is 1. The number of hydrogen-bond donors (Lipinski definition) is 0. The van der Waals surface area contributed by atoms with Crippen molar-refractivity contribution in [3.8, 4) is 5.75 Å². The number of carbonyl (C=O) groups excluding carboxylic acids is 1. The van der Waals surface area contributed by atoms with E-state index in [4.69, 9.17) is 27.9 Å². The maximum atomic E-state index is 11.8. The summed E-state index contributed by atoms with van der Waals surface area (Å²) < 4.78 is 5.09. The van der Waals surface area contributed by atoms with Crippen LogP contribution in [0.25, 0.3) is 0 Å². The van der Waals surface area contributed by atoms with Gasteiger partial charge in [0.25, 0.3) is 0 Å². The summed E-state index contributed by atoms with van der Waals surface area (Å²) in [6, 6.07) is 5.38. The Labute approximate surface area is 99.1 Å². The Morgan fingerprint density at radius 1 is 1.53 bits per heavy atom. The van der Waals surface area contributed by atoms with E-state index in [9.17, 15) is 4.79 Å². The molecule has 4 heteroatoms. The smallest absolute Gasteiger partial charge is 0.185 e. The highest BCUT2D eigenvalue weighted by molar-refractivity contribution is 6.38. The van der Waals surface area contributed by atoms with Crippen molar-refractivity contribution < 1.29 is 9.53 Å². The molecule has 0 saturated carbocycles. The van der Waals surface area contributed by atoms with E-state index in [1.807, 2.05) is 13.0 Å². The Hall–Kier alpha value is -0.730. The molecule has 1 aromatic carbocycles. The lowest BCUT2D eigenvalue weighted by atomic mass is 10.0. The van der Waals surface area contributed by atoms with Gasteiger partial charge in [0.1, 0.15) is 11.1 Å². The molecule has 0 aliphatic heterocycles. The maximum absolute atomic E-state index is 11.8. The first kappa shape index (κ1) is 12.3. The van der Waals surface area contributed by atoms with Crippen LogP contribution in [-0.4, -0.2) is 24.2 Å². The van der Waals surface area contributed by atoms with Crippen molar-refractivity contribution in [3.05, 3.63) is 29.3 Å². The molecule has 1 atom stereocenters. The fraction of sp³-hybridized carbons (Fsp3) is 0.364. The third-order valence-electron chi connectivity index (χ3n) is 2.04. The molecule has 0 amide bonds. The van der Waals surface area contributed by atoms with Crippen molar-refractivity contribution in [1.29, 1.82) is 0 Å². The molecule has 1 aromatic rings. The van der Waals surface area contributed by atoms with Crippen molar-refractivity contribution in [1.82, 2.24) is 0 Å². The van der Waals surface area contributed by atoms with Gasteiger partial charge in [0, 0.05) is 5.88 Å². The first-order chi connectivity index (χ1) is 7.10. The van der Waals surface area contributed by atoms with Crippen LogP contribution in [0.3, 0.4) is 0 Å². The molecule has 2 nitrogen and oxygen atoms in total. The molecule has 82 valence electrons. The van der Waals surface area contributed by atoms with E-state index >= 15 is 0 Å². The zero-order chi connectivity index (χ0) is 11.4. The number of rotatable bonds is 4. The van der Waals surface area contributed by atoms with Gasteiger partial charge in [0.2, 0.25) is 0 Å².